The van der Waals surface area contributed by atoms with Crippen LogP contribution in [-0.2, 0) is 39.1 Å². The molecule has 0 spiro atoms. The third kappa shape index (κ3) is 11.4. The van der Waals surface area contributed by atoms with Crippen molar-refractivity contribution < 1.29 is 33.4 Å². The van der Waals surface area contributed by atoms with Crippen molar-refractivity contribution in [3.05, 3.63) is 125 Å². The Morgan fingerprint density at radius 2 is 1.61 bits per heavy atom. The van der Waals surface area contributed by atoms with Gasteiger partial charge in [0.15, 0.2) is 10.8 Å². The van der Waals surface area contributed by atoms with Crippen LogP contribution in [0, 0.1) is 6.92 Å². The van der Waals surface area contributed by atoms with E-state index in [-0.39, 0.29) is 35.6 Å². The first-order valence-corrected chi connectivity index (χ1v) is 28.0. The van der Waals surface area contributed by atoms with E-state index < -0.39 is 17.5 Å². The lowest BCUT2D eigenvalue weighted by molar-refractivity contribution is -0.134. The van der Waals surface area contributed by atoms with Crippen molar-refractivity contribution in [2.45, 2.75) is 109 Å². The summed E-state index contributed by atoms with van der Waals surface area (Å²) in [4.78, 5) is 69.0. The van der Waals surface area contributed by atoms with E-state index in [1.165, 1.54) is 11.3 Å². The molecule has 1 unspecified atom stereocenters. The number of nitrogens with zero attached hydrogens (tertiary/aromatic N) is 7. The van der Waals surface area contributed by atoms with Crippen LogP contribution in [0.4, 0.5) is 16.6 Å². The lowest BCUT2D eigenvalue weighted by Crippen LogP contribution is -2.46. The molecule has 2 saturated heterocycles. The van der Waals surface area contributed by atoms with Gasteiger partial charge in [0.05, 0.1) is 39.6 Å². The number of rotatable bonds is 14. The number of pyridine rings is 1. The van der Waals surface area contributed by atoms with E-state index in [1.807, 2.05) is 106 Å². The molecule has 77 heavy (non-hydrogen) atoms. The Balaban J connectivity index is 0.676. The minimum atomic E-state index is -0.740. The summed E-state index contributed by atoms with van der Waals surface area (Å²) >= 11 is 1.45. The number of hydrogen-bond donors (Lipinski definition) is 2. The van der Waals surface area contributed by atoms with Crippen LogP contribution in [0.5, 0.6) is 5.75 Å². The van der Waals surface area contributed by atoms with Gasteiger partial charge in [-0.25, -0.2) is 14.8 Å². The number of aryl methyl sites for hydroxylation is 1. The Kier molecular flexibility index (Phi) is 14.8. The van der Waals surface area contributed by atoms with Gasteiger partial charge in [0.25, 0.3) is 5.91 Å². The summed E-state index contributed by atoms with van der Waals surface area (Å²) in [6.45, 7) is 14.3. The van der Waals surface area contributed by atoms with Gasteiger partial charge in [-0.05, 0) is 149 Å². The predicted octanol–water partition coefficient (Wildman–Crippen LogP) is 9.76. The summed E-state index contributed by atoms with van der Waals surface area (Å²) in [5.41, 5.74) is 8.29. The molecular weight excluding hydrogens is 991 g/mol. The highest BCUT2D eigenvalue weighted by atomic mass is 32.1. The molecule has 6 heterocycles. The average molecular weight is 1060 g/mol. The summed E-state index contributed by atoms with van der Waals surface area (Å²) in [6.07, 6.45) is 6.41. The van der Waals surface area contributed by atoms with Crippen molar-refractivity contribution in [2.24, 2.45) is 7.05 Å². The van der Waals surface area contributed by atoms with Crippen molar-refractivity contribution in [2.75, 3.05) is 61.0 Å². The van der Waals surface area contributed by atoms with Crippen LogP contribution in [0.25, 0.3) is 32.2 Å². The van der Waals surface area contributed by atoms with E-state index >= 15 is 0 Å². The number of benzene rings is 4. The molecule has 3 fully saturated rings. The predicted molar refractivity (Wildman–Crippen MR) is 300 cm³/mol. The molecule has 4 aliphatic rings. The Morgan fingerprint density at radius 3 is 2.40 bits per heavy atom. The molecule has 4 aromatic carbocycles. The minimum absolute atomic E-state index is 0.0482. The topological polar surface area (TPSA) is 173 Å². The molecule has 0 radical (unpaired) electrons. The van der Waals surface area contributed by atoms with E-state index in [4.69, 9.17) is 24.3 Å². The summed E-state index contributed by atoms with van der Waals surface area (Å²) in [7, 11) is 1.91. The molecule has 7 aromatic rings. The van der Waals surface area contributed by atoms with Gasteiger partial charge >= 0.3 is 5.97 Å². The molecule has 16 nitrogen and oxygen atoms in total. The van der Waals surface area contributed by atoms with Gasteiger partial charge in [-0.2, -0.15) is 5.10 Å². The molecule has 0 bridgehead atoms. The third-order valence-corrected chi connectivity index (χ3v) is 16.4. The maximum atomic E-state index is 14.1. The number of anilines is 3. The number of hydrogen-bond acceptors (Lipinski definition) is 14. The highest BCUT2D eigenvalue weighted by Gasteiger charge is 2.33. The first-order valence-electron chi connectivity index (χ1n) is 27.1. The fraction of sp³-hybridized carbons (Fsp3) is 0.417. The Hall–Kier alpha value is -7.21. The number of piperazine rings is 1. The average Bonchev–Trinajstić information content (AvgIpc) is 4.09. The second kappa shape index (κ2) is 22.0. The molecule has 3 aliphatic heterocycles. The van der Waals surface area contributed by atoms with Crippen molar-refractivity contribution in [3.63, 3.8) is 0 Å². The number of thiazole rings is 1. The zero-order chi connectivity index (χ0) is 53.4. The summed E-state index contributed by atoms with van der Waals surface area (Å²) in [5.74, 6) is -0.198. The molecule has 3 aromatic heterocycles. The van der Waals surface area contributed by atoms with Crippen molar-refractivity contribution in [1.29, 1.82) is 0 Å². The van der Waals surface area contributed by atoms with Crippen LogP contribution in [0.3, 0.4) is 0 Å². The van der Waals surface area contributed by atoms with Crippen LogP contribution in [0.15, 0.2) is 91.0 Å². The van der Waals surface area contributed by atoms with Crippen LogP contribution in [0.2, 0.25) is 0 Å². The van der Waals surface area contributed by atoms with E-state index in [9.17, 15) is 19.2 Å². The minimum Gasteiger partial charge on any atom is -0.490 e. The van der Waals surface area contributed by atoms with E-state index in [1.54, 1.807) is 0 Å². The number of aromatic nitrogens is 4. The maximum Gasteiger partial charge on any atom is 0.358 e. The molecule has 1 atom stereocenters. The van der Waals surface area contributed by atoms with Crippen LogP contribution >= 0.6 is 11.3 Å². The number of imide groups is 1. The Morgan fingerprint density at radius 1 is 0.818 bits per heavy atom. The smallest absolute Gasteiger partial charge is 0.358 e. The van der Waals surface area contributed by atoms with Crippen LogP contribution in [0.1, 0.15) is 115 Å². The fourth-order valence-electron chi connectivity index (χ4n) is 11.4. The van der Waals surface area contributed by atoms with Crippen LogP contribution < -0.4 is 25.2 Å². The zero-order valence-corrected chi connectivity index (χ0v) is 45.4. The van der Waals surface area contributed by atoms with Gasteiger partial charge in [-0.1, -0.05) is 47.7 Å². The van der Waals surface area contributed by atoms with E-state index in [2.05, 4.69) is 54.6 Å². The van der Waals surface area contributed by atoms with Crippen molar-refractivity contribution >= 4 is 72.8 Å². The zero-order valence-electron chi connectivity index (χ0n) is 44.6. The lowest BCUT2D eigenvalue weighted by Gasteiger charge is -2.36. The first kappa shape index (κ1) is 51.9. The highest BCUT2D eigenvalue weighted by Crippen LogP contribution is 2.38. The van der Waals surface area contributed by atoms with Gasteiger partial charge in [0.1, 0.15) is 17.2 Å². The second-order valence-electron chi connectivity index (χ2n) is 21.8. The van der Waals surface area contributed by atoms with Crippen molar-refractivity contribution in [1.82, 2.24) is 30.0 Å². The standard InChI is InChI=1S/C60H67N9O7S/c1-37-42(43-23-25-52(62-55(43)58(73)76-60(2,3)4)69-29-27-38-11-8-13-44(47(38)36-69)56(71)64-59-61-48-14-6-7-16-51(48)77-59)12-9-15-50(37)75-41-20-18-40(19-21-41)74-34-10-28-67-30-32-68(33-31-67)39-17-22-45-49(35-39)66(5)65-54(45)46-24-26-53(70)63-57(46)72/h6-9,11-17,22-23,25,35,40-41,46H,10,18-21,24,26-34,36H2,1-5H3,(H,61,64,71)(H,63,70,72). The maximum absolute atomic E-state index is 14.1. The molecule has 17 heteroatoms. The first-order chi connectivity index (χ1) is 37.2. The SMILES string of the molecule is Cc1c(OC2CCC(OCCCN3CCN(c4ccc5c(C6CCC(=O)NC6=O)nn(C)c5c4)CC3)CC2)cccc1-c1ccc(N2CCc3cccc(C(=O)Nc4nc5ccccc5s4)c3C2)nc1C(=O)OC(C)(C)C. The summed E-state index contributed by atoms with van der Waals surface area (Å²) in [5, 5.41) is 11.7. The number of esters is 1. The molecule has 400 valence electrons. The molecule has 11 rings (SSSR count). The molecular formula is C60H67N9O7S. The monoisotopic (exact) mass is 1060 g/mol. The van der Waals surface area contributed by atoms with Gasteiger partial charge in [0, 0.05) is 88.1 Å². The number of carbonyl (C=O) groups excluding carboxylic acids is 4. The van der Waals surface area contributed by atoms with Crippen molar-refractivity contribution in [3.8, 4) is 16.9 Å². The summed E-state index contributed by atoms with van der Waals surface area (Å²) in [6, 6.07) is 30.0. The normalized spacial score (nSPS) is 19.3. The van der Waals surface area contributed by atoms with Gasteiger partial charge in [-0.15, -0.1) is 0 Å². The van der Waals surface area contributed by atoms with Gasteiger partial charge in [-0.3, -0.25) is 34.6 Å². The Labute approximate surface area is 453 Å². The van der Waals surface area contributed by atoms with E-state index in [0.29, 0.717) is 54.4 Å². The van der Waals surface area contributed by atoms with Gasteiger partial charge in [0.2, 0.25) is 11.8 Å². The summed E-state index contributed by atoms with van der Waals surface area (Å²) < 4.78 is 22.0. The molecule has 1 aliphatic carbocycles. The third-order valence-electron chi connectivity index (χ3n) is 15.5. The van der Waals surface area contributed by atoms with E-state index in [0.717, 1.165) is 132 Å². The second-order valence-corrected chi connectivity index (χ2v) is 22.9. The lowest BCUT2D eigenvalue weighted by atomic mass is 9.93. The molecule has 1 saturated carbocycles. The number of nitrogens with one attached hydrogen (secondary N) is 2. The van der Waals surface area contributed by atoms with Gasteiger partial charge < -0.3 is 24.0 Å². The number of ether oxygens (including phenoxy) is 3. The molecule has 2 N–H and O–H groups in total. The number of amides is 3. The Bertz CT molecular complexity index is 3330. The number of piperidine rings is 1. The highest BCUT2D eigenvalue weighted by molar-refractivity contribution is 7.22. The molecule has 3 amide bonds. The largest absolute Gasteiger partial charge is 0.490 e. The number of fused-ring (bicyclic) bond motifs is 3. The number of carbonyl (C=O) groups is 4. The number of para-hydroxylation sites is 1. The quantitative estimate of drug-likeness (QED) is 0.0599. The van der Waals surface area contributed by atoms with Crippen LogP contribution in [-0.4, -0.2) is 112 Å². The fourth-order valence-corrected chi connectivity index (χ4v) is 12.2.